The number of hydrogen-bond donors (Lipinski definition) is 1. The average Bonchev–Trinajstić information content (AvgIpc) is 3.04. The van der Waals surface area contributed by atoms with Gasteiger partial charge in [-0.3, -0.25) is 9.89 Å². The third kappa shape index (κ3) is 7.54. The van der Waals surface area contributed by atoms with Gasteiger partial charge in [0, 0.05) is 52.2 Å². The smallest absolute Gasteiger partial charge is 0.193 e. The molecule has 6 heteroatoms. The van der Waals surface area contributed by atoms with E-state index < -0.39 is 0 Å². The molecule has 5 nitrogen and oxygen atoms in total. The van der Waals surface area contributed by atoms with E-state index in [4.69, 9.17) is 0 Å². The Labute approximate surface area is 181 Å². The van der Waals surface area contributed by atoms with E-state index in [1.807, 2.05) is 7.05 Å². The van der Waals surface area contributed by atoms with Crippen molar-refractivity contribution in [3.8, 4) is 0 Å². The summed E-state index contributed by atoms with van der Waals surface area (Å²) in [4.78, 5) is 8.97. The van der Waals surface area contributed by atoms with Crippen molar-refractivity contribution in [3.05, 3.63) is 59.9 Å². The van der Waals surface area contributed by atoms with E-state index in [-0.39, 0.29) is 24.0 Å². The molecule has 0 saturated carbocycles. The van der Waals surface area contributed by atoms with Gasteiger partial charge in [0.15, 0.2) is 5.96 Å². The highest BCUT2D eigenvalue weighted by atomic mass is 127. The van der Waals surface area contributed by atoms with Crippen LogP contribution in [-0.4, -0.2) is 54.1 Å². The highest BCUT2D eigenvalue weighted by molar-refractivity contribution is 14.0. The van der Waals surface area contributed by atoms with Crippen molar-refractivity contribution < 1.29 is 0 Å². The maximum atomic E-state index is 4.42. The normalized spacial score (nSPS) is 12.6. The fourth-order valence-electron chi connectivity index (χ4n) is 3.00. The minimum Gasteiger partial charge on any atom is -0.356 e. The maximum absolute atomic E-state index is 4.42. The summed E-state index contributed by atoms with van der Waals surface area (Å²) in [6.45, 7) is 5.00. The Bertz CT molecular complexity index is 683. The summed E-state index contributed by atoms with van der Waals surface area (Å²) < 4.78 is 2.14. The number of nitrogens with zero attached hydrogens (tertiary/aromatic N) is 4. The summed E-state index contributed by atoms with van der Waals surface area (Å²) in [6.07, 6.45) is 3.14. The van der Waals surface area contributed by atoms with Gasteiger partial charge in [-0.15, -0.1) is 24.0 Å². The number of hydrogen-bond acceptors (Lipinski definition) is 2. The first-order chi connectivity index (χ1) is 12.5. The van der Waals surface area contributed by atoms with Crippen molar-refractivity contribution in [2.75, 3.05) is 27.7 Å². The average molecular weight is 483 g/mol. The summed E-state index contributed by atoms with van der Waals surface area (Å²) in [6, 6.07) is 15.3. The Kier molecular flexibility index (Phi) is 10.5. The quantitative estimate of drug-likeness (QED) is 0.355. The number of aromatic nitrogens is 1. The lowest BCUT2D eigenvalue weighted by Crippen LogP contribution is -2.41. The van der Waals surface area contributed by atoms with Gasteiger partial charge < -0.3 is 14.8 Å². The first-order valence-corrected chi connectivity index (χ1v) is 9.27. The lowest BCUT2D eigenvalue weighted by atomic mass is 10.1. The minimum absolute atomic E-state index is 0. The largest absolute Gasteiger partial charge is 0.356 e. The molecular weight excluding hydrogens is 449 g/mol. The SMILES string of the molecule is CN=C(NCCC(C)N(C)Cc1ccccc1)N(C)Cc1cccn1C.I. The molecule has 2 aromatic rings. The molecule has 0 spiro atoms. The van der Waals surface area contributed by atoms with E-state index in [1.54, 1.807) is 0 Å². The molecular formula is C21H34IN5. The van der Waals surface area contributed by atoms with Gasteiger partial charge in [0.2, 0.25) is 0 Å². The van der Waals surface area contributed by atoms with Crippen LogP contribution in [0.1, 0.15) is 24.6 Å². The van der Waals surface area contributed by atoms with E-state index in [2.05, 4.69) is 101 Å². The fourth-order valence-corrected chi connectivity index (χ4v) is 3.00. The number of guanidine groups is 1. The van der Waals surface area contributed by atoms with Gasteiger partial charge in [0.25, 0.3) is 0 Å². The van der Waals surface area contributed by atoms with E-state index in [0.29, 0.717) is 6.04 Å². The Hall–Kier alpha value is -1.54. The summed E-state index contributed by atoms with van der Waals surface area (Å²) in [5.41, 5.74) is 2.62. The molecule has 1 atom stereocenters. The third-order valence-electron chi connectivity index (χ3n) is 4.90. The second kappa shape index (κ2) is 12.0. The van der Waals surface area contributed by atoms with Crippen LogP contribution < -0.4 is 5.32 Å². The highest BCUT2D eigenvalue weighted by Gasteiger charge is 2.12. The van der Waals surface area contributed by atoms with Crippen LogP contribution in [0.5, 0.6) is 0 Å². The van der Waals surface area contributed by atoms with Gasteiger partial charge in [-0.1, -0.05) is 30.3 Å². The number of aliphatic imine (C=N–C) groups is 1. The van der Waals surface area contributed by atoms with Crippen LogP contribution in [0.25, 0.3) is 0 Å². The minimum atomic E-state index is 0. The molecule has 27 heavy (non-hydrogen) atoms. The van der Waals surface area contributed by atoms with Crippen molar-refractivity contribution in [1.29, 1.82) is 0 Å². The zero-order valence-electron chi connectivity index (χ0n) is 17.2. The molecule has 0 amide bonds. The zero-order chi connectivity index (χ0) is 18.9. The summed E-state index contributed by atoms with van der Waals surface area (Å²) in [5.74, 6) is 0.934. The summed E-state index contributed by atoms with van der Waals surface area (Å²) >= 11 is 0. The number of rotatable bonds is 8. The second-order valence-electron chi connectivity index (χ2n) is 6.98. The van der Waals surface area contributed by atoms with Crippen LogP contribution in [0.15, 0.2) is 53.7 Å². The van der Waals surface area contributed by atoms with Crippen LogP contribution in [-0.2, 0) is 20.1 Å². The van der Waals surface area contributed by atoms with Gasteiger partial charge in [-0.2, -0.15) is 0 Å². The van der Waals surface area contributed by atoms with Gasteiger partial charge >= 0.3 is 0 Å². The van der Waals surface area contributed by atoms with Crippen LogP contribution >= 0.6 is 24.0 Å². The van der Waals surface area contributed by atoms with Gasteiger partial charge in [0.05, 0.1) is 6.54 Å². The van der Waals surface area contributed by atoms with E-state index >= 15 is 0 Å². The Morgan fingerprint density at radius 3 is 2.41 bits per heavy atom. The van der Waals surface area contributed by atoms with Crippen LogP contribution in [0.3, 0.4) is 0 Å². The number of halogens is 1. The number of aryl methyl sites for hydroxylation is 1. The van der Waals surface area contributed by atoms with Crippen molar-refractivity contribution in [3.63, 3.8) is 0 Å². The molecule has 0 saturated heterocycles. The molecule has 0 radical (unpaired) electrons. The third-order valence-corrected chi connectivity index (χ3v) is 4.90. The molecule has 2 rings (SSSR count). The first kappa shape index (κ1) is 23.5. The molecule has 1 aromatic carbocycles. The lowest BCUT2D eigenvalue weighted by molar-refractivity contribution is 0.238. The van der Waals surface area contributed by atoms with Crippen LogP contribution in [0, 0.1) is 0 Å². The van der Waals surface area contributed by atoms with E-state index in [0.717, 1.165) is 32.0 Å². The lowest BCUT2D eigenvalue weighted by Gasteiger charge is -2.26. The van der Waals surface area contributed by atoms with E-state index in [1.165, 1.54) is 11.3 Å². The molecule has 1 unspecified atom stereocenters. The standard InChI is InChI=1S/C21H33N5.HI/c1-18(25(4)16-19-10-7-6-8-11-19)13-14-23-21(22-2)26(5)17-20-12-9-15-24(20)3;/h6-12,15,18H,13-14,16-17H2,1-5H3,(H,22,23);1H. The van der Waals surface area contributed by atoms with Crippen LogP contribution in [0.2, 0.25) is 0 Å². The number of nitrogens with one attached hydrogen (secondary N) is 1. The van der Waals surface area contributed by atoms with Gasteiger partial charge in [-0.05, 0) is 38.1 Å². The Morgan fingerprint density at radius 1 is 1.11 bits per heavy atom. The topological polar surface area (TPSA) is 35.8 Å². The van der Waals surface area contributed by atoms with Crippen molar-refractivity contribution in [2.45, 2.75) is 32.5 Å². The molecule has 1 N–H and O–H groups in total. The van der Waals surface area contributed by atoms with Crippen molar-refractivity contribution >= 4 is 29.9 Å². The van der Waals surface area contributed by atoms with Crippen molar-refractivity contribution in [2.24, 2.45) is 12.0 Å². The summed E-state index contributed by atoms with van der Waals surface area (Å²) in [5, 5.41) is 3.49. The van der Waals surface area contributed by atoms with Gasteiger partial charge in [0.1, 0.15) is 0 Å². The van der Waals surface area contributed by atoms with E-state index in [9.17, 15) is 0 Å². The molecule has 0 bridgehead atoms. The summed E-state index contributed by atoms with van der Waals surface area (Å²) in [7, 11) is 8.18. The van der Waals surface area contributed by atoms with Crippen LogP contribution in [0.4, 0.5) is 0 Å². The maximum Gasteiger partial charge on any atom is 0.193 e. The second-order valence-corrected chi connectivity index (χ2v) is 6.98. The Morgan fingerprint density at radius 2 is 1.81 bits per heavy atom. The first-order valence-electron chi connectivity index (χ1n) is 9.27. The predicted octanol–water partition coefficient (Wildman–Crippen LogP) is 3.56. The number of benzene rings is 1. The highest BCUT2D eigenvalue weighted by Crippen LogP contribution is 2.08. The molecule has 1 aromatic heterocycles. The monoisotopic (exact) mass is 483 g/mol. The zero-order valence-corrected chi connectivity index (χ0v) is 19.6. The molecule has 150 valence electrons. The molecule has 0 fully saturated rings. The van der Waals surface area contributed by atoms with Crippen molar-refractivity contribution in [1.82, 2.24) is 19.7 Å². The molecule has 0 aliphatic rings. The molecule has 1 heterocycles. The molecule has 0 aliphatic carbocycles. The fraction of sp³-hybridized carbons (Fsp3) is 0.476. The molecule has 0 aliphatic heterocycles. The Balaban J connectivity index is 0.00000364. The van der Waals surface area contributed by atoms with Gasteiger partial charge in [-0.25, -0.2) is 0 Å². The predicted molar refractivity (Wildman–Crippen MR) is 126 cm³/mol.